The highest BCUT2D eigenvalue weighted by Crippen LogP contribution is 2.49. The lowest BCUT2D eigenvalue weighted by Gasteiger charge is -2.38. The van der Waals surface area contributed by atoms with E-state index in [1.54, 1.807) is 0 Å². The van der Waals surface area contributed by atoms with Gasteiger partial charge in [0.25, 0.3) is 0 Å². The van der Waals surface area contributed by atoms with Gasteiger partial charge in [0.15, 0.2) is 0 Å². The van der Waals surface area contributed by atoms with Crippen LogP contribution >= 0.6 is 0 Å². The van der Waals surface area contributed by atoms with E-state index in [-0.39, 0.29) is 18.0 Å². The van der Waals surface area contributed by atoms with Crippen molar-refractivity contribution >= 4 is 11.9 Å². The predicted molar refractivity (Wildman–Crippen MR) is 92.4 cm³/mol. The van der Waals surface area contributed by atoms with Gasteiger partial charge in [0.1, 0.15) is 0 Å². The van der Waals surface area contributed by atoms with Gasteiger partial charge in [-0.3, -0.25) is 4.79 Å². The smallest absolute Gasteiger partial charge is 0.317 e. The van der Waals surface area contributed by atoms with Crippen LogP contribution < -0.4 is 10.6 Å². The first-order valence-corrected chi connectivity index (χ1v) is 10.0. The number of hydrogen-bond acceptors (Lipinski definition) is 2. The number of carbonyl (C=O) groups is 2. The topological polar surface area (TPSA) is 61.4 Å². The van der Waals surface area contributed by atoms with Crippen molar-refractivity contribution < 1.29 is 9.59 Å². The predicted octanol–water partition coefficient (Wildman–Crippen LogP) is 2.51. The Morgan fingerprint density at radius 3 is 2.79 bits per heavy atom. The minimum atomic E-state index is 0.0993. The monoisotopic (exact) mass is 333 g/mol. The van der Waals surface area contributed by atoms with Crippen LogP contribution in [0.2, 0.25) is 0 Å². The highest BCUT2D eigenvalue weighted by Gasteiger charge is 2.39. The normalized spacial score (nSPS) is 38.4. The van der Waals surface area contributed by atoms with Gasteiger partial charge in [0, 0.05) is 38.0 Å². The second-order valence-corrected chi connectivity index (χ2v) is 8.48. The maximum atomic E-state index is 12.7. The molecule has 5 heteroatoms. The fraction of sp³-hybridized carbons (Fsp3) is 0.895. The third-order valence-electron chi connectivity index (χ3n) is 7.04. The van der Waals surface area contributed by atoms with Crippen molar-refractivity contribution in [2.75, 3.05) is 19.6 Å². The lowest BCUT2D eigenvalue weighted by molar-refractivity contribution is -0.119. The molecular formula is C19H31N3O2. The Hall–Kier alpha value is -1.26. The molecule has 3 amide bonds. The van der Waals surface area contributed by atoms with E-state index < -0.39 is 0 Å². The first kappa shape index (κ1) is 16.2. The van der Waals surface area contributed by atoms with Crippen molar-refractivity contribution in [2.45, 2.75) is 63.8 Å². The summed E-state index contributed by atoms with van der Waals surface area (Å²) < 4.78 is 0. The van der Waals surface area contributed by atoms with Crippen molar-refractivity contribution in [3.05, 3.63) is 0 Å². The largest absolute Gasteiger partial charge is 0.356 e. The van der Waals surface area contributed by atoms with E-state index in [4.69, 9.17) is 0 Å². The van der Waals surface area contributed by atoms with Crippen LogP contribution in [0.4, 0.5) is 4.79 Å². The molecule has 2 aliphatic carbocycles. The quantitative estimate of drug-likeness (QED) is 0.830. The summed E-state index contributed by atoms with van der Waals surface area (Å²) in [6.07, 6.45) is 10.7. The molecule has 2 N–H and O–H groups in total. The highest BCUT2D eigenvalue weighted by molar-refractivity contribution is 5.79. The lowest BCUT2D eigenvalue weighted by atomic mass is 9.86. The maximum absolute atomic E-state index is 12.7. The molecule has 2 heterocycles. The first-order chi connectivity index (χ1) is 11.7. The Kier molecular flexibility index (Phi) is 4.68. The molecule has 0 unspecified atom stereocenters. The summed E-state index contributed by atoms with van der Waals surface area (Å²) in [5.74, 6) is 3.20. The third-order valence-corrected chi connectivity index (χ3v) is 7.04. The van der Waals surface area contributed by atoms with Crippen LogP contribution in [0.25, 0.3) is 0 Å². The van der Waals surface area contributed by atoms with Crippen molar-refractivity contribution in [2.24, 2.45) is 23.7 Å². The van der Waals surface area contributed by atoms with Crippen molar-refractivity contribution in [1.82, 2.24) is 15.5 Å². The van der Waals surface area contributed by atoms with Gasteiger partial charge in [0.05, 0.1) is 0 Å². The van der Waals surface area contributed by atoms with Crippen molar-refractivity contribution in [3.63, 3.8) is 0 Å². The van der Waals surface area contributed by atoms with Gasteiger partial charge in [-0.1, -0.05) is 6.42 Å². The molecule has 5 nitrogen and oxygen atoms in total. The van der Waals surface area contributed by atoms with Gasteiger partial charge in [-0.15, -0.1) is 0 Å². The summed E-state index contributed by atoms with van der Waals surface area (Å²) >= 11 is 0. The third kappa shape index (κ3) is 3.27. The Balaban J connectivity index is 1.27. The van der Waals surface area contributed by atoms with Gasteiger partial charge in [-0.2, -0.15) is 0 Å². The summed E-state index contributed by atoms with van der Waals surface area (Å²) in [7, 11) is 0. The fourth-order valence-corrected chi connectivity index (χ4v) is 5.80. The molecule has 134 valence electrons. The van der Waals surface area contributed by atoms with Crippen molar-refractivity contribution in [3.8, 4) is 0 Å². The minimum Gasteiger partial charge on any atom is -0.356 e. The zero-order valence-corrected chi connectivity index (χ0v) is 14.6. The van der Waals surface area contributed by atoms with E-state index in [2.05, 4.69) is 10.6 Å². The molecule has 24 heavy (non-hydrogen) atoms. The average molecular weight is 333 g/mol. The van der Waals surface area contributed by atoms with Crippen LogP contribution in [0, 0.1) is 23.7 Å². The summed E-state index contributed by atoms with van der Waals surface area (Å²) in [6, 6.07) is 0.336. The fourth-order valence-electron chi connectivity index (χ4n) is 5.80. The molecule has 0 aromatic heterocycles. The van der Waals surface area contributed by atoms with Crippen molar-refractivity contribution in [1.29, 1.82) is 0 Å². The molecule has 5 atom stereocenters. The summed E-state index contributed by atoms with van der Waals surface area (Å²) in [6.45, 7) is 2.39. The Bertz CT molecular complexity index is 495. The average Bonchev–Trinajstić information content (AvgIpc) is 3.31. The van der Waals surface area contributed by atoms with E-state index >= 15 is 0 Å². The second kappa shape index (κ2) is 6.93. The lowest BCUT2D eigenvalue weighted by Crippen LogP contribution is -2.52. The number of nitrogens with one attached hydrogen (secondary N) is 2. The summed E-state index contributed by atoms with van der Waals surface area (Å²) in [5.41, 5.74) is 0. The molecule has 2 aliphatic heterocycles. The number of fused-ring (bicyclic) bond motifs is 2. The van der Waals surface area contributed by atoms with Crippen LogP contribution in [-0.4, -0.2) is 42.5 Å². The summed E-state index contributed by atoms with van der Waals surface area (Å²) in [5, 5.41) is 6.11. The number of likely N-dealkylation sites (tertiary alicyclic amines) is 1. The van der Waals surface area contributed by atoms with Crippen LogP contribution in [0.15, 0.2) is 0 Å². The number of nitrogens with zero attached hydrogens (tertiary/aromatic N) is 1. The van der Waals surface area contributed by atoms with Gasteiger partial charge < -0.3 is 15.5 Å². The Labute approximate surface area is 144 Å². The molecule has 4 rings (SSSR count). The Morgan fingerprint density at radius 2 is 2.08 bits per heavy atom. The molecule has 0 radical (unpaired) electrons. The van der Waals surface area contributed by atoms with E-state index in [1.165, 1.54) is 32.1 Å². The van der Waals surface area contributed by atoms with Gasteiger partial charge in [0.2, 0.25) is 5.91 Å². The molecule has 4 aliphatic rings. The molecule has 2 saturated heterocycles. The van der Waals surface area contributed by atoms with Crippen LogP contribution in [-0.2, 0) is 4.79 Å². The molecule has 0 aromatic carbocycles. The van der Waals surface area contributed by atoms with E-state index in [1.807, 2.05) is 4.90 Å². The number of piperidine rings is 1. The number of hydrogen-bond donors (Lipinski definition) is 2. The number of carbonyl (C=O) groups excluding carboxylic acids is 2. The maximum Gasteiger partial charge on any atom is 0.317 e. The highest BCUT2D eigenvalue weighted by atomic mass is 16.2. The number of urea groups is 1. The van der Waals surface area contributed by atoms with Gasteiger partial charge in [-0.25, -0.2) is 4.79 Å². The van der Waals surface area contributed by atoms with Gasteiger partial charge in [-0.05, 0) is 62.7 Å². The van der Waals surface area contributed by atoms with Gasteiger partial charge >= 0.3 is 6.03 Å². The Morgan fingerprint density at radius 1 is 1.17 bits per heavy atom. The molecule has 2 bridgehead atoms. The number of amides is 3. The van der Waals surface area contributed by atoms with E-state index in [9.17, 15) is 9.59 Å². The first-order valence-electron chi connectivity index (χ1n) is 10.0. The van der Waals surface area contributed by atoms with E-state index in [0.29, 0.717) is 12.3 Å². The SMILES string of the molecule is O=C1C[C@H]([C@H]2CCCCN2C(=O)NCC[C@@H]2C[C@H]3CC[C@H]2C3)CN1. The number of rotatable bonds is 4. The second-order valence-electron chi connectivity index (χ2n) is 8.48. The molecular weight excluding hydrogens is 302 g/mol. The van der Waals surface area contributed by atoms with Crippen LogP contribution in [0.5, 0.6) is 0 Å². The standard InChI is InChI=1S/C19H31N3O2/c23-18-11-16(12-21-18)17-3-1-2-8-22(17)19(24)20-7-6-15-10-13-4-5-14(15)9-13/h13-17H,1-12H2,(H,20,24)(H,21,23)/t13-,14-,15+,16-,17+/m0/s1. The molecule has 2 saturated carbocycles. The minimum absolute atomic E-state index is 0.0993. The zero-order valence-electron chi connectivity index (χ0n) is 14.6. The van der Waals surface area contributed by atoms with E-state index in [0.717, 1.165) is 56.7 Å². The molecule has 4 fully saturated rings. The van der Waals surface area contributed by atoms with Crippen LogP contribution in [0.1, 0.15) is 57.8 Å². The molecule has 0 aromatic rings. The zero-order chi connectivity index (χ0) is 16.5. The molecule has 0 spiro atoms. The summed E-state index contributed by atoms with van der Waals surface area (Å²) in [4.78, 5) is 26.2. The van der Waals surface area contributed by atoms with Crippen LogP contribution in [0.3, 0.4) is 0 Å².